The minimum absolute atomic E-state index is 0.241. The molecule has 0 saturated heterocycles. The smallest absolute Gasteiger partial charge is 0.408 e. The fourth-order valence-electron chi connectivity index (χ4n) is 2.12. The Bertz CT molecular complexity index is 538. The van der Waals surface area contributed by atoms with Crippen LogP contribution >= 0.6 is 0 Å². The Labute approximate surface area is 149 Å². The first-order valence-corrected chi connectivity index (χ1v) is 8.53. The van der Waals surface area contributed by atoms with Gasteiger partial charge in [0, 0.05) is 6.42 Å². The molecule has 1 N–H and O–H groups in total. The lowest BCUT2D eigenvalue weighted by molar-refractivity contribution is -0.146. The highest BCUT2D eigenvalue weighted by molar-refractivity contribution is 5.81. The summed E-state index contributed by atoms with van der Waals surface area (Å²) in [6.45, 7) is 9.53. The highest BCUT2D eigenvalue weighted by atomic mass is 16.6. The second-order valence-electron chi connectivity index (χ2n) is 6.79. The van der Waals surface area contributed by atoms with Gasteiger partial charge in [0.05, 0.1) is 19.3 Å². The summed E-state index contributed by atoms with van der Waals surface area (Å²) in [5, 5.41) is 2.57. The molecule has 0 aromatic heterocycles. The van der Waals surface area contributed by atoms with Gasteiger partial charge in [0.1, 0.15) is 11.6 Å². The van der Waals surface area contributed by atoms with Crippen molar-refractivity contribution >= 4 is 12.1 Å². The first-order valence-electron chi connectivity index (χ1n) is 8.53. The third kappa shape index (κ3) is 9.10. The molecular weight excluding hydrogens is 322 g/mol. The van der Waals surface area contributed by atoms with Crippen molar-refractivity contribution in [3.05, 3.63) is 35.9 Å². The molecule has 0 aliphatic heterocycles. The van der Waals surface area contributed by atoms with Crippen molar-refractivity contribution in [2.24, 2.45) is 0 Å². The molecule has 0 fully saturated rings. The van der Waals surface area contributed by atoms with Gasteiger partial charge in [-0.05, 0) is 40.2 Å². The molecule has 0 aliphatic rings. The van der Waals surface area contributed by atoms with E-state index >= 15 is 0 Å². The van der Waals surface area contributed by atoms with E-state index in [9.17, 15) is 9.59 Å². The maximum Gasteiger partial charge on any atom is 0.408 e. The Morgan fingerprint density at radius 2 is 1.80 bits per heavy atom. The molecule has 140 valence electrons. The van der Waals surface area contributed by atoms with Gasteiger partial charge in [-0.15, -0.1) is 0 Å². The molecule has 0 heterocycles. The number of nitrogens with one attached hydrogen (secondary N) is 1. The first-order chi connectivity index (χ1) is 11.7. The normalized spacial score (nSPS) is 13.6. The minimum atomic E-state index is -0.819. The van der Waals surface area contributed by atoms with E-state index in [1.807, 2.05) is 37.3 Å². The highest BCUT2D eigenvalue weighted by Crippen LogP contribution is 2.11. The maximum absolute atomic E-state index is 12.1. The van der Waals surface area contributed by atoms with Gasteiger partial charge in [-0.1, -0.05) is 30.3 Å². The zero-order chi connectivity index (χ0) is 18.9. The molecule has 0 radical (unpaired) electrons. The lowest BCUT2D eigenvalue weighted by atomic mass is 10.1. The Hall–Kier alpha value is -2.08. The largest absolute Gasteiger partial charge is 0.464 e. The van der Waals surface area contributed by atoms with Crippen molar-refractivity contribution in [2.45, 2.75) is 65.4 Å². The second kappa shape index (κ2) is 10.0. The fourth-order valence-corrected chi connectivity index (χ4v) is 2.12. The van der Waals surface area contributed by atoms with Gasteiger partial charge in [-0.2, -0.15) is 0 Å². The Morgan fingerprint density at radius 3 is 2.36 bits per heavy atom. The summed E-state index contributed by atoms with van der Waals surface area (Å²) in [4.78, 5) is 24.1. The first kappa shape index (κ1) is 21.0. The molecule has 1 rings (SSSR count). The molecular formula is C19H29NO5. The average molecular weight is 351 g/mol. The number of rotatable bonds is 8. The van der Waals surface area contributed by atoms with Crippen molar-refractivity contribution in [1.29, 1.82) is 0 Å². The Morgan fingerprint density at radius 1 is 1.16 bits per heavy atom. The zero-order valence-electron chi connectivity index (χ0n) is 15.7. The Balaban J connectivity index is 2.59. The third-order valence-corrected chi connectivity index (χ3v) is 3.21. The summed E-state index contributed by atoms with van der Waals surface area (Å²) in [7, 11) is 0. The van der Waals surface area contributed by atoms with Gasteiger partial charge in [-0.25, -0.2) is 9.59 Å². The number of benzene rings is 1. The molecule has 1 aromatic carbocycles. The second-order valence-corrected chi connectivity index (χ2v) is 6.79. The van der Waals surface area contributed by atoms with Gasteiger partial charge in [0.15, 0.2) is 0 Å². The molecule has 6 nitrogen and oxygen atoms in total. The van der Waals surface area contributed by atoms with E-state index in [0.29, 0.717) is 13.0 Å². The van der Waals surface area contributed by atoms with Crippen LogP contribution in [-0.2, 0) is 25.6 Å². The highest BCUT2D eigenvalue weighted by Gasteiger charge is 2.27. The number of alkyl carbamates (subject to hydrolysis) is 1. The summed E-state index contributed by atoms with van der Waals surface area (Å²) in [6, 6.07) is 8.93. The van der Waals surface area contributed by atoms with Crippen molar-refractivity contribution in [1.82, 2.24) is 5.32 Å². The van der Waals surface area contributed by atoms with Gasteiger partial charge >= 0.3 is 12.1 Å². The topological polar surface area (TPSA) is 73.9 Å². The molecule has 0 saturated carbocycles. The monoisotopic (exact) mass is 351 g/mol. The van der Waals surface area contributed by atoms with Gasteiger partial charge in [-0.3, -0.25) is 0 Å². The zero-order valence-corrected chi connectivity index (χ0v) is 15.7. The summed E-state index contributed by atoms with van der Waals surface area (Å²) in [6.07, 6.45) is -0.601. The van der Waals surface area contributed by atoms with E-state index in [-0.39, 0.29) is 12.7 Å². The average Bonchev–Trinajstić information content (AvgIpc) is 2.51. The number of hydrogen-bond acceptors (Lipinski definition) is 5. The van der Waals surface area contributed by atoms with Crippen LogP contribution in [0.1, 0.15) is 46.6 Å². The van der Waals surface area contributed by atoms with Crippen LogP contribution in [0.15, 0.2) is 30.3 Å². The van der Waals surface area contributed by atoms with Crippen LogP contribution in [0.2, 0.25) is 0 Å². The molecule has 1 amide bonds. The summed E-state index contributed by atoms with van der Waals surface area (Å²) >= 11 is 0. The summed E-state index contributed by atoms with van der Waals surface area (Å²) in [5.74, 6) is -0.497. The van der Waals surface area contributed by atoms with Crippen molar-refractivity contribution < 1.29 is 23.8 Å². The van der Waals surface area contributed by atoms with Crippen molar-refractivity contribution in [3.8, 4) is 0 Å². The van der Waals surface area contributed by atoms with E-state index < -0.39 is 23.7 Å². The van der Waals surface area contributed by atoms with Crippen LogP contribution in [-0.4, -0.2) is 36.4 Å². The Kier molecular flexibility index (Phi) is 8.41. The number of esters is 1. The molecule has 0 spiro atoms. The predicted octanol–water partition coefficient (Wildman–Crippen LogP) is 3.44. The van der Waals surface area contributed by atoms with Crippen LogP contribution in [0.4, 0.5) is 4.79 Å². The number of amides is 1. The molecule has 2 atom stereocenters. The van der Waals surface area contributed by atoms with E-state index in [1.165, 1.54) is 0 Å². The molecule has 0 bridgehead atoms. The summed E-state index contributed by atoms with van der Waals surface area (Å²) in [5.41, 5.74) is 0.403. The van der Waals surface area contributed by atoms with Crippen LogP contribution in [0.3, 0.4) is 0 Å². The van der Waals surface area contributed by atoms with E-state index in [2.05, 4.69) is 5.32 Å². The van der Waals surface area contributed by atoms with Crippen LogP contribution in [0, 0.1) is 0 Å². The standard InChI is InChI=1S/C19H29NO5/c1-6-23-17(21)16(20-18(22)25-19(3,4)5)12-14(2)24-13-15-10-8-7-9-11-15/h7-11,14,16H,6,12-13H2,1-5H3,(H,20,22). The predicted molar refractivity (Wildman–Crippen MR) is 95.1 cm³/mol. The lowest BCUT2D eigenvalue weighted by Gasteiger charge is -2.24. The van der Waals surface area contributed by atoms with Crippen LogP contribution in [0.25, 0.3) is 0 Å². The third-order valence-electron chi connectivity index (χ3n) is 3.21. The number of carbonyl (C=O) groups excluding carboxylic acids is 2. The SMILES string of the molecule is CCOC(=O)C(CC(C)OCc1ccccc1)NC(=O)OC(C)(C)C. The quantitative estimate of drug-likeness (QED) is 0.726. The van der Waals surface area contributed by atoms with E-state index in [1.54, 1.807) is 27.7 Å². The number of carbonyl (C=O) groups is 2. The molecule has 25 heavy (non-hydrogen) atoms. The number of hydrogen-bond donors (Lipinski definition) is 1. The van der Waals surface area contributed by atoms with Crippen LogP contribution < -0.4 is 5.32 Å². The van der Waals surface area contributed by atoms with Crippen LogP contribution in [0.5, 0.6) is 0 Å². The van der Waals surface area contributed by atoms with Gasteiger partial charge in [0.2, 0.25) is 0 Å². The fraction of sp³-hybridized carbons (Fsp3) is 0.579. The van der Waals surface area contributed by atoms with Crippen molar-refractivity contribution in [2.75, 3.05) is 6.61 Å². The van der Waals surface area contributed by atoms with Crippen molar-refractivity contribution in [3.63, 3.8) is 0 Å². The molecule has 6 heteroatoms. The van der Waals surface area contributed by atoms with Gasteiger partial charge < -0.3 is 19.5 Å². The summed E-state index contributed by atoms with van der Waals surface area (Å²) < 4.78 is 16.0. The van der Waals surface area contributed by atoms with E-state index in [4.69, 9.17) is 14.2 Å². The molecule has 2 unspecified atom stereocenters. The number of ether oxygens (including phenoxy) is 3. The van der Waals surface area contributed by atoms with E-state index in [0.717, 1.165) is 5.56 Å². The molecule has 1 aromatic rings. The maximum atomic E-state index is 12.1. The lowest BCUT2D eigenvalue weighted by Crippen LogP contribution is -2.45. The van der Waals surface area contributed by atoms with Gasteiger partial charge in [0.25, 0.3) is 0 Å². The minimum Gasteiger partial charge on any atom is -0.464 e. The molecule has 0 aliphatic carbocycles.